The maximum atomic E-state index is 12.8. The van der Waals surface area contributed by atoms with Crippen LogP contribution in [-0.2, 0) is 26.2 Å². The normalized spacial score (nSPS) is 20.3. The number of rotatable bonds is 6. The third-order valence-electron chi connectivity index (χ3n) is 5.35. The Morgan fingerprint density at radius 3 is 2.59 bits per heavy atom. The van der Waals surface area contributed by atoms with E-state index in [0.29, 0.717) is 32.4 Å². The molecule has 0 aliphatic carbocycles. The van der Waals surface area contributed by atoms with Gasteiger partial charge in [-0.25, -0.2) is 8.42 Å². The molecule has 7 nitrogen and oxygen atoms in total. The molecular weight excluding hydrogens is 410 g/mol. The Morgan fingerprint density at radius 2 is 1.93 bits per heavy atom. The number of sulfonamides is 1. The number of carbonyl (C=O) groups is 2. The van der Waals surface area contributed by atoms with E-state index in [1.807, 2.05) is 24.3 Å². The second-order valence-corrected chi connectivity index (χ2v) is 10.3. The summed E-state index contributed by atoms with van der Waals surface area (Å²) in [6.45, 7) is 1.42. The van der Waals surface area contributed by atoms with Crippen molar-refractivity contribution in [1.82, 2.24) is 9.62 Å². The lowest BCUT2D eigenvalue weighted by Crippen LogP contribution is -2.45. The van der Waals surface area contributed by atoms with Crippen LogP contribution in [0.4, 0.5) is 5.69 Å². The second kappa shape index (κ2) is 8.25. The predicted octanol–water partition coefficient (Wildman–Crippen LogP) is 2.34. The Kier molecular flexibility index (Phi) is 5.71. The fourth-order valence-corrected chi connectivity index (χ4v) is 6.61. The molecule has 0 bridgehead atoms. The Morgan fingerprint density at radius 1 is 1.14 bits per heavy atom. The van der Waals surface area contributed by atoms with Crippen LogP contribution in [0, 0.1) is 0 Å². The minimum Gasteiger partial charge on any atom is -0.351 e. The van der Waals surface area contributed by atoms with Crippen molar-refractivity contribution >= 4 is 38.9 Å². The Hall–Kier alpha value is -2.23. The first-order chi connectivity index (χ1) is 14.0. The van der Waals surface area contributed by atoms with E-state index in [0.717, 1.165) is 35.6 Å². The summed E-state index contributed by atoms with van der Waals surface area (Å²) in [6, 6.07) is 10.1. The molecule has 0 saturated carbocycles. The zero-order valence-corrected chi connectivity index (χ0v) is 17.5. The minimum atomic E-state index is -3.64. The molecule has 0 spiro atoms. The van der Waals surface area contributed by atoms with Crippen molar-refractivity contribution < 1.29 is 18.0 Å². The number of thiophene rings is 1. The third kappa shape index (κ3) is 4.08. The van der Waals surface area contributed by atoms with Crippen LogP contribution in [0.25, 0.3) is 0 Å². The molecule has 2 fully saturated rings. The van der Waals surface area contributed by atoms with Gasteiger partial charge in [0.1, 0.15) is 10.3 Å². The summed E-state index contributed by atoms with van der Waals surface area (Å²) < 4.78 is 27.2. The minimum absolute atomic E-state index is 0.138. The average Bonchev–Trinajstić information content (AvgIpc) is 3.47. The number of nitrogens with zero attached hydrogens (tertiary/aromatic N) is 2. The van der Waals surface area contributed by atoms with Gasteiger partial charge in [-0.05, 0) is 48.4 Å². The molecule has 2 saturated heterocycles. The molecule has 1 aromatic carbocycles. The van der Waals surface area contributed by atoms with Gasteiger partial charge in [-0.15, -0.1) is 11.3 Å². The van der Waals surface area contributed by atoms with Crippen molar-refractivity contribution in [3.8, 4) is 0 Å². The summed E-state index contributed by atoms with van der Waals surface area (Å²) in [5.41, 5.74) is 1.77. The summed E-state index contributed by atoms with van der Waals surface area (Å²) in [6.07, 6.45) is 2.65. The molecule has 1 atom stereocenters. The zero-order valence-electron chi connectivity index (χ0n) is 15.9. The first-order valence-electron chi connectivity index (χ1n) is 9.69. The summed E-state index contributed by atoms with van der Waals surface area (Å²) in [4.78, 5) is 26.3. The first-order valence-corrected chi connectivity index (χ1v) is 12.0. The maximum Gasteiger partial charge on any atom is 0.253 e. The summed E-state index contributed by atoms with van der Waals surface area (Å²) in [7, 11) is -3.64. The maximum absolute atomic E-state index is 12.8. The SMILES string of the molecule is O=C(NCc1ccc(N2CCCC2=O)cc1)[C@@H]1CCCN1S(=O)(=O)c1cccs1. The number of hydrogen-bond donors (Lipinski definition) is 1. The average molecular weight is 434 g/mol. The van der Waals surface area contributed by atoms with Gasteiger partial charge in [0.2, 0.25) is 11.8 Å². The molecule has 9 heteroatoms. The number of amides is 2. The molecule has 2 aliphatic rings. The highest BCUT2D eigenvalue weighted by Gasteiger charge is 2.39. The number of nitrogens with one attached hydrogen (secondary N) is 1. The molecule has 2 aromatic rings. The molecule has 1 aromatic heterocycles. The molecule has 0 unspecified atom stereocenters. The van der Waals surface area contributed by atoms with Crippen LogP contribution in [0.15, 0.2) is 46.0 Å². The van der Waals surface area contributed by atoms with Gasteiger partial charge in [-0.2, -0.15) is 4.31 Å². The molecule has 154 valence electrons. The van der Waals surface area contributed by atoms with Gasteiger partial charge in [0.05, 0.1) is 0 Å². The van der Waals surface area contributed by atoms with E-state index in [-0.39, 0.29) is 16.0 Å². The molecule has 2 aliphatic heterocycles. The van der Waals surface area contributed by atoms with Gasteiger partial charge in [0, 0.05) is 31.7 Å². The summed E-state index contributed by atoms with van der Waals surface area (Å²) >= 11 is 1.16. The summed E-state index contributed by atoms with van der Waals surface area (Å²) in [5, 5.41) is 4.58. The molecule has 1 N–H and O–H groups in total. The van der Waals surface area contributed by atoms with Crippen LogP contribution in [0.1, 0.15) is 31.2 Å². The highest BCUT2D eigenvalue weighted by molar-refractivity contribution is 7.91. The van der Waals surface area contributed by atoms with Gasteiger partial charge >= 0.3 is 0 Å². The van der Waals surface area contributed by atoms with E-state index in [2.05, 4.69) is 5.32 Å². The second-order valence-electron chi connectivity index (χ2n) is 7.24. The highest BCUT2D eigenvalue weighted by Crippen LogP contribution is 2.28. The zero-order chi connectivity index (χ0) is 20.4. The van der Waals surface area contributed by atoms with Crippen molar-refractivity contribution in [2.45, 2.75) is 42.5 Å². The smallest absolute Gasteiger partial charge is 0.253 e. The lowest BCUT2D eigenvalue weighted by Gasteiger charge is -2.22. The third-order valence-corrected chi connectivity index (χ3v) is 8.63. The van der Waals surface area contributed by atoms with Crippen molar-refractivity contribution in [2.24, 2.45) is 0 Å². The molecule has 4 rings (SSSR count). The van der Waals surface area contributed by atoms with Gasteiger partial charge < -0.3 is 10.2 Å². The van der Waals surface area contributed by atoms with Gasteiger partial charge in [-0.1, -0.05) is 18.2 Å². The van der Waals surface area contributed by atoms with Crippen LogP contribution >= 0.6 is 11.3 Å². The lowest BCUT2D eigenvalue weighted by atomic mass is 10.1. The topological polar surface area (TPSA) is 86.8 Å². The number of anilines is 1. The molecule has 3 heterocycles. The quantitative estimate of drug-likeness (QED) is 0.758. The molecular formula is C20H23N3O4S2. The van der Waals surface area contributed by atoms with Crippen LogP contribution in [0.3, 0.4) is 0 Å². The first kappa shape index (κ1) is 20.1. The number of benzene rings is 1. The number of carbonyl (C=O) groups excluding carboxylic acids is 2. The van der Waals surface area contributed by atoms with E-state index < -0.39 is 16.1 Å². The lowest BCUT2D eigenvalue weighted by molar-refractivity contribution is -0.124. The largest absolute Gasteiger partial charge is 0.351 e. The van der Waals surface area contributed by atoms with Crippen LogP contribution in [0.2, 0.25) is 0 Å². The van der Waals surface area contributed by atoms with E-state index in [1.54, 1.807) is 22.4 Å². The molecule has 29 heavy (non-hydrogen) atoms. The van der Waals surface area contributed by atoms with Crippen molar-refractivity contribution in [3.05, 3.63) is 47.3 Å². The Balaban J connectivity index is 1.38. The Labute approximate surface area is 174 Å². The standard InChI is InChI=1S/C20H23N3O4S2/c24-18-5-2-11-22(18)16-9-7-15(8-10-16)14-21-20(25)17-4-1-12-23(17)29(26,27)19-6-3-13-28-19/h3,6-10,13,17H,1-2,4-5,11-12,14H2,(H,21,25)/t17-/m0/s1. The van der Waals surface area contributed by atoms with E-state index >= 15 is 0 Å². The summed E-state index contributed by atoms with van der Waals surface area (Å²) in [5.74, 6) is -0.138. The molecule has 0 radical (unpaired) electrons. The van der Waals surface area contributed by atoms with Gasteiger partial charge in [0.25, 0.3) is 10.0 Å². The van der Waals surface area contributed by atoms with Crippen LogP contribution in [-0.4, -0.2) is 43.7 Å². The van der Waals surface area contributed by atoms with E-state index in [9.17, 15) is 18.0 Å². The van der Waals surface area contributed by atoms with Crippen LogP contribution < -0.4 is 10.2 Å². The molecule has 2 amide bonds. The van der Waals surface area contributed by atoms with Gasteiger partial charge in [0.15, 0.2) is 0 Å². The number of hydrogen-bond acceptors (Lipinski definition) is 5. The van der Waals surface area contributed by atoms with Crippen molar-refractivity contribution in [2.75, 3.05) is 18.0 Å². The van der Waals surface area contributed by atoms with Crippen LogP contribution in [0.5, 0.6) is 0 Å². The fourth-order valence-electron chi connectivity index (χ4n) is 3.84. The van der Waals surface area contributed by atoms with E-state index in [1.165, 1.54) is 4.31 Å². The predicted molar refractivity (Wildman–Crippen MR) is 111 cm³/mol. The van der Waals surface area contributed by atoms with Crippen molar-refractivity contribution in [1.29, 1.82) is 0 Å². The van der Waals surface area contributed by atoms with E-state index in [4.69, 9.17) is 0 Å². The Bertz CT molecular complexity index is 987. The fraction of sp³-hybridized carbons (Fsp3) is 0.400. The van der Waals surface area contributed by atoms with Crippen molar-refractivity contribution in [3.63, 3.8) is 0 Å². The monoisotopic (exact) mass is 433 g/mol. The van der Waals surface area contributed by atoms with Gasteiger partial charge in [-0.3, -0.25) is 9.59 Å². The highest BCUT2D eigenvalue weighted by atomic mass is 32.2.